The second-order valence-corrected chi connectivity index (χ2v) is 12.8. The summed E-state index contributed by atoms with van der Waals surface area (Å²) in [6.07, 6.45) is -1.29. The van der Waals surface area contributed by atoms with E-state index in [-0.39, 0.29) is 37.0 Å². The highest BCUT2D eigenvalue weighted by Gasteiger charge is 2.44. The summed E-state index contributed by atoms with van der Waals surface area (Å²) in [5.41, 5.74) is 2.59. The summed E-state index contributed by atoms with van der Waals surface area (Å²) in [6, 6.07) is 4.69. The van der Waals surface area contributed by atoms with Crippen LogP contribution in [0, 0.1) is 18.8 Å². The van der Waals surface area contributed by atoms with Gasteiger partial charge in [0.25, 0.3) is 0 Å². The van der Waals surface area contributed by atoms with Crippen molar-refractivity contribution >= 4 is 52.1 Å². The molecule has 1 aromatic carbocycles. The molecule has 0 bridgehead atoms. The van der Waals surface area contributed by atoms with Gasteiger partial charge in [-0.1, -0.05) is 36.2 Å². The Labute approximate surface area is 268 Å². The van der Waals surface area contributed by atoms with E-state index in [1.54, 1.807) is 23.0 Å². The van der Waals surface area contributed by atoms with Crippen molar-refractivity contribution in [3.63, 3.8) is 0 Å². The van der Waals surface area contributed by atoms with Crippen LogP contribution in [0.2, 0.25) is 10.0 Å². The molecule has 2 aromatic heterocycles. The third-order valence-electron chi connectivity index (χ3n) is 8.94. The van der Waals surface area contributed by atoms with E-state index in [2.05, 4.69) is 15.0 Å². The minimum atomic E-state index is -5.10. The van der Waals surface area contributed by atoms with Crippen molar-refractivity contribution in [1.29, 1.82) is 0 Å². The van der Waals surface area contributed by atoms with Crippen LogP contribution in [0.25, 0.3) is 11.2 Å². The van der Waals surface area contributed by atoms with Gasteiger partial charge in [-0.05, 0) is 63.3 Å². The minimum Gasteiger partial charge on any atom is -0.481 e. The second-order valence-electron chi connectivity index (χ2n) is 12.0. The lowest BCUT2D eigenvalue weighted by Crippen LogP contribution is -2.55. The number of aliphatic carboxylic acids is 1. The number of piperidine rings is 1. The molecule has 45 heavy (non-hydrogen) atoms. The first-order valence-corrected chi connectivity index (χ1v) is 15.6. The molecule has 2 saturated heterocycles. The minimum absolute atomic E-state index is 0.00387. The largest absolute Gasteiger partial charge is 0.490 e. The van der Waals surface area contributed by atoms with Crippen molar-refractivity contribution in [3.05, 3.63) is 45.7 Å². The van der Waals surface area contributed by atoms with Gasteiger partial charge in [0, 0.05) is 47.6 Å². The Morgan fingerprint density at radius 2 is 1.93 bits per heavy atom. The van der Waals surface area contributed by atoms with Crippen LogP contribution in [0.3, 0.4) is 0 Å². The molecule has 2 fully saturated rings. The van der Waals surface area contributed by atoms with Crippen molar-refractivity contribution < 1.29 is 32.6 Å². The van der Waals surface area contributed by atoms with Crippen molar-refractivity contribution in [2.75, 3.05) is 31.1 Å². The number of carboxylic acid groups (broad SMARTS) is 1. The Hall–Kier alpha value is -3.16. The highest BCUT2D eigenvalue weighted by molar-refractivity contribution is 6.35. The predicted octanol–water partition coefficient (Wildman–Crippen LogP) is 5.93. The Kier molecular flexibility index (Phi) is 9.81. The monoisotopic (exact) mass is 670 g/mol. The molecule has 2 aliphatic heterocycles. The Balaban J connectivity index is 1.43. The lowest BCUT2D eigenvalue weighted by Gasteiger charge is -2.45. The predicted molar refractivity (Wildman–Crippen MR) is 163 cm³/mol. The van der Waals surface area contributed by atoms with Gasteiger partial charge >= 0.3 is 18.1 Å². The maximum Gasteiger partial charge on any atom is 0.490 e. The molecule has 5 atom stereocenters. The first kappa shape index (κ1) is 33.2. The number of ether oxygens (including phenoxy) is 1. The van der Waals surface area contributed by atoms with Gasteiger partial charge in [-0.2, -0.15) is 18.3 Å². The lowest BCUT2D eigenvalue weighted by molar-refractivity contribution is -0.201. The summed E-state index contributed by atoms with van der Waals surface area (Å²) in [6.45, 7) is 6.70. The third-order valence-corrected chi connectivity index (χ3v) is 9.50. The first-order chi connectivity index (χ1) is 21.2. The van der Waals surface area contributed by atoms with Gasteiger partial charge < -0.3 is 14.7 Å². The average molecular weight is 672 g/mol. The van der Waals surface area contributed by atoms with Gasteiger partial charge in [0.2, 0.25) is 0 Å². The van der Waals surface area contributed by atoms with Crippen LogP contribution in [-0.2, 0) is 14.3 Å². The van der Waals surface area contributed by atoms with Gasteiger partial charge in [-0.3, -0.25) is 9.69 Å². The number of rotatable bonds is 9. The highest BCUT2D eigenvalue weighted by Crippen LogP contribution is 2.36. The van der Waals surface area contributed by atoms with E-state index in [1.165, 1.54) is 0 Å². The standard InChI is InChI=1S/C30H35Cl2F3N6O4/c1-16(11-26(42)43)23-5-4-9-40(23)24-8-10-39(14-19(24)15-45-29(44)30(33,34)35)25-13-36-27-17(2)38-41(28(27)37-25)18(3)21-7-6-20(31)12-22(21)32/h6-7,12-13,16,18-19,23-24H,4-5,8-11,14-15H2,1-3H3,(H,42,43)/t16?,18-,19?,23+,24?/m1/s1. The van der Waals surface area contributed by atoms with Crippen LogP contribution in [0.1, 0.15) is 56.8 Å². The van der Waals surface area contributed by atoms with Gasteiger partial charge in [-0.15, -0.1) is 0 Å². The molecular formula is C30H35Cl2F3N6O4. The van der Waals surface area contributed by atoms with Gasteiger partial charge in [0.1, 0.15) is 11.3 Å². The van der Waals surface area contributed by atoms with Gasteiger partial charge in [0.05, 0.1) is 24.5 Å². The first-order valence-electron chi connectivity index (χ1n) is 14.9. The van der Waals surface area contributed by atoms with Crippen molar-refractivity contribution in [1.82, 2.24) is 24.6 Å². The second kappa shape index (κ2) is 13.3. The molecule has 10 nitrogen and oxygen atoms in total. The molecule has 3 unspecified atom stereocenters. The number of alkyl halides is 3. The highest BCUT2D eigenvalue weighted by atomic mass is 35.5. The third kappa shape index (κ3) is 7.15. The zero-order valence-corrected chi connectivity index (χ0v) is 26.6. The van der Waals surface area contributed by atoms with E-state index in [1.807, 2.05) is 31.7 Å². The molecule has 15 heteroatoms. The van der Waals surface area contributed by atoms with E-state index in [0.29, 0.717) is 52.2 Å². The summed E-state index contributed by atoms with van der Waals surface area (Å²) in [5, 5.41) is 15.0. The molecule has 1 N–H and O–H groups in total. The van der Waals surface area contributed by atoms with Crippen LogP contribution in [0.4, 0.5) is 19.0 Å². The number of nitrogens with zero attached hydrogens (tertiary/aromatic N) is 6. The number of carbonyl (C=O) groups excluding carboxylic acids is 1. The smallest absolute Gasteiger partial charge is 0.481 e. The van der Waals surface area contributed by atoms with Crippen LogP contribution < -0.4 is 4.90 Å². The fraction of sp³-hybridized carbons (Fsp3) is 0.567. The fourth-order valence-electron chi connectivity index (χ4n) is 6.78. The Bertz CT molecular complexity index is 1570. The van der Waals surface area contributed by atoms with Crippen LogP contribution in [0.5, 0.6) is 0 Å². The van der Waals surface area contributed by atoms with Crippen LogP contribution in [-0.4, -0.2) is 86.2 Å². The summed E-state index contributed by atoms with van der Waals surface area (Å²) < 4.78 is 45.7. The molecule has 244 valence electrons. The molecule has 0 radical (unpaired) electrons. The molecule has 5 rings (SSSR count). The van der Waals surface area contributed by atoms with Gasteiger partial charge in [-0.25, -0.2) is 19.4 Å². The number of carbonyl (C=O) groups is 2. The quantitative estimate of drug-likeness (QED) is 0.277. The normalized spacial score (nSPS) is 22.5. The molecule has 2 aliphatic rings. The van der Waals surface area contributed by atoms with Crippen molar-refractivity contribution in [2.24, 2.45) is 11.8 Å². The molecule has 0 spiro atoms. The molecule has 0 aliphatic carbocycles. The van der Waals surface area contributed by atoms with Crippen molar-refractivity contribution in [3.8, 4) is 0 Å². The molecule has 4 heterocycles. The zero-order valence-electron chi connectivity index (χ0n) is 25.1. The van der Waals surface area contributed by atoms with Gasteiger partial charge in [0.15, 0.2) is 5.65 Å². The lowest BCUT2D eigenvalue weighted by atomic mass is 9.88. The summed E-state index contributed by atoms with van der Waals surface area (Å²) >= 11 is 12.6. The fourth-order valence-corrected chi connectivity index (χ4v) is 7.34. The number of hydrogen-bond acceptors (Lipinski definition) is 8. The average Bonchev–Trinajstić information content (AvgIpc) is 3.59. The SMILES string of the molecule is Cc1nn([C@H](C)c2ccc(Cl)cc2Cl)c2nc(N3CCC(N4CCC[C@H]4C(C)CC(=O)O)C(COC(=O)C(F)(F)F)C3)cnc12. The zero-order chi connectivity index (χ0) is 32.6. The van der Waals surface area contributed by atoms with E-state index < -0.39 is 30.6 Å². The summed E-state index contributed by atoms with van der Waals surface area (Å²) in [7, 11) is 0. The van der Waals surface area contributed by atoms with E-state index >= 15 is 0 Å². The van der Waals surface area contributed by atoms with E-state index in [4.69, 9.17) is 32.9 Å². The maximum atomic E-state index is 13.1. The van der Waals surface area contributed by atoms with Crippen LogP contribution in [0.15, 0.2) is 24.4 Å². The molecule has 0 amide bonds. The number of benzene rings is 1. The number of fused-ring (bicyclic) bond motifs is 1. The Morgan fingerprint density at radius 1 is 1.18 bits per heavy atom. The number of likely N-dealkylation sites (tertiary alicyclic amines) is 1. The topological polar surface area (TPSA) is 114 Å². The molecule has 3 aromatic rings. The molecule has 0 saturated carbocycles. The number of aromatic nitrogens is 4. The number of aryl methyl sites for hydroxylation is 1. The maximum absolute atomic E-state index is 13.1. The Morgan fingerprint density at radius 3 is 2.62 bits per heavy atom. The number of carboxylic acids is 1. The number of anilines is 1. The van der Waals surface area contributed by atoms with E-state index in [9.17, 15) is 27.9 Å². The van der Waals surface area contributed by atoms with E-state index in [0.717, 1.165) is 18.4 Å². The number of hydrogen-bond donors (Lipinski definition) is 1. The van der Waals surface area contributed by atoms with Crippen LogP contribution >= 0.6 is 23.2 Å². The summed E-state index contributed by atoms with van der Waals surface area (Å²) in [4.78, 5) is 36.8. The summed E-state index contributed by atoms with van der Waals surface area (Å²) in [5.74, 6) is -3.24. The number of halogens is 5. The number of esters is 1. The van der Waals surface area contributed by atoms with Crippen molar-refractivity contribution in [2.45, 2.75) is 70.8 Å². The molecular weight excluding hydrogens is 636 g/mol.